The summed E-state index contributed by atoms with van der Waals surface area (Å²) >= 11 is 0. The zero-order valence-electron chi connectivity index (χ0n) is 13.7. The van der Waals surface area contributed by atoms with Crippen LogP contribution in [-0.4, -0.2) is 32.3 Å². The Balaban J connectivity index is 2.25. The minimum atomic E-state index is -4.51. The van der Waals surface area contributed by atoms with Crippen LogP contribution in [0.3, 0.4) is 0 Å². The maximum absolute atomic E-state index is 13.4. The van der Waals surface area contributed by atoms with E-state index < -0.39 is 11.7 Å². The number of carbonyl (C=O) groups excluding carboxylic acids is 1. The highest BCUT2D eigenvalue weighted by atomic mass is 19.4. The van der Waals surface area contributed by atoms with Crippen molar-refractivity contribution in [1.29, 1.82) is 0 Å². The Bertz CT molecular complexity index is 857. The fourth-order valence-corrected chi connectivity index (χ4v) is 2.71. The molecule has 1 N–H and O–H groups in total. The van der Waals surface area contributed by atoms with E-state index in [1.54, 1.807) is 18.2 Å². The number of benzene rings is 2. The molecule has 1 heterocycles. The fraction of sp³-hybridized carbons (Fsp3) is 0.222. The molecule has 4 nitrogen and oxygen atoms in total. The van der Waals surface area contributed by atoms with Gasteiger partial charge in [0.25, 0.3) is 0 Å². The third-order valence-electron chi connectivity index (χ3n) is 3.92. The monoisotopic (exact) mass is 347 g/mol. The molecular formula is C18H16F3N3O. The molecule has 25 heavy (non-hydrogen) atoms. The van der Waals surface area contributed by atoms with E-state index in [1.165, 1.54) is 18.2 Å². The molecule has 130 valence electrons. The van der Waals surface area contributed by atoms with Crippen LogP contribution in [0.4, 0.5) is 24.5 Å². The van der Waals surface area contributed by atoms with Gasteiger partial charge in [0, 0.05) is 30.9 Å². The first-order chi connectivity index (χ1) is 11.8. The summed E-state index contributed by atoms with van der Waals surface area (Å²) in [5, 5.41) is 2.69. The Morgan fingerprint density at radius 1 is 1.08 bits per heavy atom. The second kappa shape index (κ2) is 6.23. The number of hydrogen-bond donors (Lipinski definition) is 1. The highest BCUT2D eigenvalue weighted by Crippen LogP contribution is 2.35. The molecule has 0 fully saturated rings. The van der Waals surface area contributed by atoms with Crippen LogP contribution in [0, 0.1) is 0 Å². The number of fused-ring (bicyclic) bond motifs is 1. The summed E-state index contributed by atoms with van der Waals surface area (Å²) in [7, 11) is 3.66. The van der Waals surface area contributed by atoms with Crippen molar-refractivity contribution in [2.75, 3.05) is 30.9 Å². The second-order valence-corrected chi connectivity index (χ2v) is 5.88. The van der Waals surface area contributed by atoms with Crippen molar-refractivity contribution in [3.05, 3.63) is 59.2 Å². The first-order valence-electron chi connectivity index (χ1n) is 7.60. The van der Waals surface area contributed by atoms with E-state index in [2.05, 4.69) is 10.3 Å². The average molecular weight is 347 g/mol. The minimum absolute atomic E-state index is 0.0383. The third kappa shape index (κ3) is 3.35. The number of nitrogens with zero attached hydrogens (tertiary/aromatic N) is 2. The lowest BCUT2D eigenvalue weighted by molar-refractivity contribution is -0.137. The number of halogens is 3. The Hall–Kier alpha value is -2.83. The van der Waals surface area contributed by atoms with Crippen LogP contribution in [0.1, 0.15) is 16.7 Å². The molecule has 0 saturated heterocycles. The number of nitrogens with one attached hydrogen (secondary N) is 1. The summed E-state index contributed by atoms with van der Waals surface area (Å²) in [6, 6.07) is 10.5. The summed E-state index contributed by atoms with van der Waals surface area (Å²) < 4.78 is 40.3. The molecule has 0 aromatic heterocycles. The van der Waals surface area contributed by atoms with Gasteiger partial charge in [0.2, 0.25) is 5.91 Å². The second-order valence-electron chi connectivity index (χ2n) is 5.88. The zero-order chi connectivity index (χ0) is 18.2. The molecule has 1 aliphatic rings. The van der Waals surface area contributed by atoms with Crippen LogP contribution in [0.5, 0.6) is 0 Å². The van der Waals surface area contributed by atoms with Crippen molar-refractivity contribution in [2.45, 2.75) is 6.18 Å². The first kappa shape index (κ1) is 17.0. The molecule has 2 aromatic carbocycles. The van der Waals surface area contributed by atoms with Crippen LogP contribution < -0.4 is 10.2 Å². The van der Waals surface area contributed by atoms with Crippen LogP contribution >= 0.6 is 0 Å². The van der Waals surface area contributed by atoms with Gasteiger partial charge in [0.15, 0.2) is 0 Å². The predicted molar refractivity (Wildman–Crippen MR) is 91.3 cm³/mol. The van der Waals surface area contributed by atoms with Crippen LogP contribution in [0.15, 0.2) is 47.5 Å². The van der Waals surface area contributed by atoms with Gasteiger partial charge in [-0.15, -0.1) is 0 Å². The quantitative estimate of drug-likeness (QED) is 0.903. The van der Waals surface area contributed by atoms with Gasteiger partial charge in [0.05, 0.1) is 17.0 Å². The predicted octanol–water partition coefficient (Wildman–Crippen LogP) is 3.56. The normalized spacial score (nSPS) is 14.3. The van der Waals surface area contributed by atoms with Crippen molar-refractivity contribution < 1.29 is 18.0 Å². The highest BCUT2D eigenvalue weighted by molar-refractivity contribution is 6.20. The van der Waals surface area contributed by atoms with Gasteiger partial charge in [-0.25, -0.2) is 0 Å². The molecule has 0 radical (unpaired) electrons. The average Bonchev–Trinajstić information content (AvgIpc) is 2.71. The summed E-state index contributed by atoms with van der Waals surface area (Å²) in [4.78, 5) is 17.9. The van der Waals surface area contributed by atoms with Crippen molar-refractivity contribution in [1.82, 2.24) is 0 Å². The fourth-order valence-electron chi connectivity index (χ4n) is 2.71. The van der Waals surface area contributed by atoms with E-state index in [9.17, 15) is 18.0 Å². The largest absolute Gasteiger partial charge is 0.417 e. The number of anilines is 2. The lowest BCUT2D eigenvalue weighted by Crippen LogP contribution is -2.16. The number of alkyl halides is 3. The lowest BCUT2D eigenvalue weighted by Gasteiger charge is -2.18. The molecule has 0 bridgehead atoms. The van der Waals surface area contributed by atoms with Crippen LogP contribution in [0.2, 0.25) is 0 Å². The summed E-state index contributed by atoms with van der Waals surface area (Å²) in [5.74, 6) is -0.363. The van der Waals surface area contributed by atoms with E-state index in [4.69, 9.17) is 0 Å². The maximum atomic E-state index is 13.4. The smallest absolute Gasteiger partial charge is 0.378 e. The molecule has 2 aromatic rings. The van der Waals surface area contributed by atoms with E-state index in [0.717, 1.165) is 11.8 Å². The van der Waals surface area contributed by atoms with E-state index in [0.29, 0.717) is 11.3 Å². The van der Waals surface area contributed by atoms with E-state index in [-0.39, 0.29) is 23.7 Å². The van der Waals surface area contributed by atoms with Crippen molar-refractivity contribution in [2.24, 2.45) is 4.99 Å². The summed E-state index contributed by atoms with van der Waals surface area (Å²) in [5.41, 5.74) is 1.06. The Morgan fingerprint density at radius 3 is 2.48 bits per heavy atom. The van der Waals surface area contributed by atoms with Gasteiger partial charge in [-0.2, -0.15) is 13.2 Å². The Morgan fingerprint density at radius 2 is 1.80 bits per heavy atom. The van der Waals surface area contributed by atoms with Gasteiger partial charge in [-0.3, -0.25) is 9.79 Å². The lowest BCUT2D eigenvalue weighted by atomic mass is 9.95. The number of rotatable bonds is 2. The van der Waals surface area contributed by atoms with Gasteiger partial charge in [-0.05, 0) is 24.3 Å². The highest BCUT2D eigenvalue weighted by Gasteiger charge is 2.35. The first-order valence-corrected chi connectivity index (χ1v) is 7.60. The maximum Gasteiger partial charge on any atom is 0.417 e. The molecule has 1 amide bonds. The van der Waals surface area contributed by atoms with Crippen molar-refractivity contribution >= 4 is 23.0 Å². The van der Waals surface area contributed by atoms with E-state index >= 15 is 0 Å². The van der Waals surface area contributed by atoms with Gasteiger partial charge in [-0.1, -0.05) is 18.2 Å². The summed E-state index contributed by atoms with van der Waals surface area (Å²) in [6.07, 6.45) is -4.51. The van der Waals surface area contributed by atoms with Crippen molar-refractivity contribution in [3.63, 3.8) is 0 Å². The van der Waals surface area contributed by atoms with Gasteiger partial charge >= 0.3 is 6.18 Å². The molecule has 0 aliphatic carbocycles. The number of aliphatic imine (C=N–C) groups is 1. The Kier molecular flexibility index (Phi) is 4.24. The number of benzodiazepines with no additional fused rings is 1. The van der Waals surface area contributed by atoms with Crippen LogP contribution in [-0.2, 0) is 11.0 Å². The molecule has 7 heteroatoms. The molecule has 0 atom stereocenters. The topological polar surface area (TPSA) is 44.7 Å². The molecule has 0 unspecified atom stereocenters. The SMILES string of the molecule is CN(C)c1ccc2c(c1)C(c1ccccc1C(F)(F)F)=NCC(=O)N2. The zero-order valence-corrected chi connectivity index (χ0v) is 13.7. The molecule has 1 aliphatic heterocycles. The Labute approximate surface area is 143 Å². The molecule has 0 saturated carbocycles. The minimum Gasteiger partial charge on any atom is -0.378 e. The third-order valence-corrected chi connectivity index (χ3v) is 3.92. The molecule has 0 spiro atoms. The molecule has 3 rings (SSSR count). The number of carbonyl (C=O) groups is 1. The number of amides is 1. The van der Waals surface area contributed by atoms with Crippen LogP contribution in [0.25, 0.3) is 0 Å². The molecular weight excluding hydrogens is 331 g/mol. The van der Waals surface area contributed by atoms with Gasteiger partial charge in [0.1, 0.15) is 6.54 Å². The standard InChI is InChI=1S/C18H16F3N3O/c1-24(2)11-7-8-15-13(9-11)17(22-10-16(25)23-15)12-5-3-4-6-14(12)18(19,20)21/h3-9H,10H2,1-2H3,(H,23,25). The van der Waals surface area contributed by atoms with Crippen molar-refractivity contribution in [3.8, 4) is 0 Å². The van der Waals surface area contributed by atoms with E-state index in [1.807, 2.05) is 19.0 Å². The number of hydrogen-bond acceptors (Lipinski definition) is 3. The summed E-state index contributed by atoms with van der Waals surface area (Å²) in [6.45, 7) is -0.229. The van der Waals surface area contributed by atoms with Gasteiger partial charge < -0.3 is 10.2 Å².